The summed E-state index contributed by atoms with van der Waals surface area (Å²) >= 11 is 13.0. The zero-order chi connectivity index (χ0) is 22.0. The highest BCUT2D eigenvalue weighted by Gasteiger charge is 2.14. The van der Waals surface area contributed by atoms with Gasteiger partial charge < -0.3 is 14.6 Å². The molecule has 1 atom stereocenters. The first kappa shape index (κ1) is 21.6. The van der Waals surface area contributed by atoms with E-state index in [1.807, 2.05) is 30.3 Å². The van der Waals surface area contributed by atoms with Crippen molar-refractivity contribution in [2.45, 2.75) is 6.10 Å². The first-order chi connectivity index (χ1) is 15.0. The van der Waals surface area contributed by atoms with Crippen molar-refractivity contribution >= 4 is 44.8 Å². The van der Waals surface area contributed by atoms with E-state index in [1.54, 1.807) is 18.2 Å². The van der Waals surface area contributed by atoms with E-state index in [4.69, 9.17) is 32.7 Å². The normalized spacial score (nSPS) is 12.1. The van der Waals surface area contributed by atoms with Gasteiger partial charge >= 0.3 is 0 Å². The molecule has 0 aliphatic heterocycles. The maximum absolute atomic E-state index is 13.2. The maximum Gasteiger partial charge on any atom is 0.275 e. The molecule has 0 bridgehead atoms. The van der Waals surface area contributed by atoms with Crippen LogP contribution < -0.4 is 15.0 Å². The van der Waals surface area contributed by atoms with Crippen molar-refractivity contribution in [3.8, 4) is 27.6 Å². The van der Waals surface area contributed by atoms with E-state index in [0.717, 1.165) is 10.4 Å². The van der Waals surface area contributed by atoms with Gasteiger partial charge in [-0.2, -0.15) is 0 Å². The van der Waals surface area contributed by atoms with Crippen LogP contribution in [0.2, 0.25) is 5.02 Å². The summed E-state index contributed by atoms with van der Waals surface area (Å²) in [4.78, 5) is 18.6. The van der Waals surface area contributed by atoms with Gasteiger partial charge in [0, 0.05) is 16.0 Å². The summed E-state index contributed by atoms with van der Waals surface area (Å²) in [6.07, 6.45) is 0.712. The smallest absolute Gasteiger partial charge is 0.275 e. The Labute approximate surface area is 192 Å². The quantitative estimate of drug-likeness (QED) is 0.389. The van der Waals surface area contributed by atoms with Crippen molar-refractivity contribution in [3.05, 3.63) is 70.2 Å². The van der Waals surface area contributed by atoms with Gasteiger partial charge in [-0.3, -0.25) is 9.36 Å². The Balaban J connectivity index is 1.70. The Morgan fingerprint density at radius 2 is 1.94 bits per heavy atom. The predicted molar refractivity (Wildman–Crippen MR) is 124 cm³/mol. The Kier molecular flexibility index (Phi) is 6.48. The SMILES string of the molecule is COc1cc(-n2cnc3cc(-c4ccc(Cl)cc4)sc3c2=O)ccc1OCC(O)CCl. The van der Waals surface area contributed by atoms with Crippen molar-refractivity contribution in [1.82, 2.24) is 9.55 Å². The molecule has 31 heavy (non-hydrogen) atoms. The number of methoxy groups -OCH3 is 1. The molecule has 0 aliphatic rings. The lowest BCUT2D eigenvalue weighted by Crippen LogP contribution is -2.19. The van der Waals surface area contributed by atoms with Gasteiger partial charge in [0.25, 0.3) is 5.56 Å². The summed E-state index contributed by atoms with van der Waals surface area (Å²) < 4.78 is 13.0. The number of halogens is 2. The van der Waals surface area contributed by atoms with Crippen molar-refractivity contribution in [3.63, 3.8) is 0 Å². The number of rotatable bonds is 7. The number of hydrogen-bond donors (Lipinski definition) is 1. The summed E-state index contributed by atoms with van der Waals surface area (Å²) in [5.74, 6) is 0.943. The maximum atomic E-state index is 13.2. The van der Waals surface area contributed by atoms with Crippen LogP contribution in [-0.2, 0) is 0 Å². The predicted octanol–water partition coefficient (Wildman–Crippen LogP) is 4.75. The third kappa shape index (κ3) is 4.55. The van der Waals surface area contributed by atoms with Gasteiger partial charge in [0.05, 0.1) is 24.2 Å². The largest absolute Gasteiger partial charge is 0.493 e. The molecule has 1 unspecified atom stereocenters. The van der Waals surface area contributed by atoms with E-state index >= 15 is 0 Å². The Morgan fingerprint density at radius 1 is 1.16 bits per heavy atom. The Bertz CT molecular complexity index is 1270. The second-order valence-electron chi connectivity index (χ2n) is 6.71. The summed E-state index contributed by atoms with van der Waals surface area (Å²) in [5.41, 5.74) is 2.02. The van der Waals surface area contributed by atoms with Crippen LogP contribution in [0.5, 0.6) is 11.5 Å². The zero-order valence-electron chi connectivity index (χ0n) is 16.4. The van der Waals surface area contributed by atoms with Crippen LogP contribution in [0.15, 0.2) is 59.7 Å². The van der Waals surface area contributed by atoms with Crippen LogP contribution in [0.25, 0.3) is 26.3 Å². The van der Waals surface area contributed by atoms with Gasteiger partial charge in [-0.05, 0) is 35.9 Å². The average Bonchev–Trinajstić information content (AvgIpc) is 3.23. The van der Waals surface area contributed by atoms with Crippen LogP contribution in [0.4, 0.5) is 0 Å². The fourth-order valence-corrected chi connectivity index (χ4v) is 4.27. The number of aromatic nitrogens is 2. The van der Waals surface area contributed by atoms with Gasteiger partial charge in [0.2, 0.25) is 0 Å². The minimum absolute atomic E-state index is 0.0370. The molecule has 0 fully saturated rings. The summed E-state index contributed by atoms with van der Waals surface area (Å²) in [6.45, 7) is 0.0370. The van der Waals surface area contributed by atoms with Crippen molar-refractivity contribution in [1.29, 1.82) is 0 Å². The number of aliphatic hydroxyl groups excluding tert-OH is 1. The van der Waals surface area contributed by atoms with Crippen LogP contribution >= 0.6 is 34.5 Å². The third-order valence-electron chi connectivity index (χ3n) is 4.60. The first-order valence-corrected chi connectivity index (χ1v) is 11.1. The molecule has 0 spiro atoms. The van der Waals surface area contributed by atoms with Gasteiger partial charge in [0.15, 0.2) is 11.5 Å². The molecule has 4 rings (SSSR count). The van der Waals surface area contributed by atoms with Gasteiger partial charge in [-0.25, -0.2) is 4.98 Å². The third-order valence-corrected chi connectivity index (χ3v) is 6.37. The van der Waals surface area contributed by atoms with Crippen molar-refractivity contribution < 1.29 is 14.6 Å². The highest BCUT2D eigenvalue weighted by atomic mass is 35.5. The van der Waals surface area contributed by atoms with Gasteiger partial charge in [0.1, 0.15) is 23.7 Å². The average molecular weight is 477 g/mol. The highest BCUT2D eigenvalue weighted by molar-refractivity contribution is 7.22. The first-order valence-electron chi connectivity index (χ1n) is 9.32. The molecule has 0 radical (unpaired) electrons. The second kappa shape index (κ2) is 9.28. The number of nitrogens with zero attached hydrogens (tertiary/aromatic N) is 2. The molecule has 0 saturated carbocycles. The minimum atomic E-state index is -0.783. The second-order valence-corrected chi connectivity index (χ2v) is 8.50. The number of fused-ring (bicyclic) bond motifs is 1. The van der Waals surface area contributed by atoms with Crippen molar-refractivity contribution in [2.24, 2.45) is 0 Å². The Morgan fingerprint density at radius 3 is 2.65 bits per heavy atom. The number of hydrogen-bond acceptors (Lipinski definition) is 6. The van der Waals surface area contributed by atoms with Gasteiger partial charge in [-0.15, -0.1) is 22.9 Å². The minimum Gasteiger partial charge on any atom is -0.493 e. The summed E-state index contributed by atoms with van der Waals surface area (Å²) in [7, 11) is 1.51. The molecule has 4 aromatic rings. The van der Waals surface area contributed by atoms with Gasteiger partial charge in [-0.1, -0.05) is 23.7 Å². The van der Waals surface area contributed by atoms with Crippen LogP contribution in [-0.4, -0.2) is 40.4 Å². The molecule has 160 valence electrons. The lowest BCUT2D eigenvalue weighted by atomic mass is 10.2. The lowest BCUT2D eigenvalue weighted by Gasteiger charge is -2.14. The summed E-state index contributed by atoms with van der Waals surface area (Å²) in [5, 5.41) is 10.2. The number of thiophene rings is 1. The molecule has 9 heteroatoms. The topological polar surface area (TPSA) is 73.6 Å². The molecular weight excluding hydrogens is 459 g/mol. The van der Waals surface area contributed by atoms with E-state index < -0.39 is 6.10 Å². The summed E-state index contributed by atoms with van der Waals surface area (Å²) in [6, 6.07) is 14.4. The fourth-order valence-electron chi connectivity index (χ4n) is 3.01. The molecule has 2 aromatic heterocycles. The molecule has 0 saturated heterocycles. The van der Waals surface area contributed by atoms with E-state index in [0.29, 0.717) is 32.4 Å². The number of ether oxygens (including phenoxy) is 2. The van der Waals surface area contributed by atoms with E-state index in [-0.39, 0.29) is 18.0 Å². The van der Waals surface area contributed by atoms with Crippen molar-refractivity contribution in [2.75, 3.05) is 19.6 Å². The molecule has 0 aliphatic carbocycles. The molecule has 2 heterocycles. The number of alkyl halides is 1. The van der Waals surface area contributed by atoms with Crippen LogP contribution in [0.1, 0.15) is 0 Å². The van der Waals surface area contributed by atoms with Crippen LogP contribution in [0, 0.1) is 0 Å². The zero-order valence-corrected chi connectivity index (χ0v) is 18.7. The monoisotopic (exact) mass is 476 g/mol. The van der Waals surface area contributed by atoms with E-state index in [2.05, 4.69) is 4.98 Å². The fraction of sp³-hybridized carbons (Fsp3) is 0.182. The number of aliphatic hydroxyl groups is 1. The molecule has 1 N–H and O–H groups in total. The Hall–Kier alpha value is -2.58. The molecule has 0 amide bonds. The molecule has 6 nitrogen and oxygen atoms in total. The van der Waals surface area contributed by atoms with E-state index in [9.17, 15) is 9.90 Å². The van der Waals surface area contributed by atoms with E-state index in [1.165, 1.54) is 29.3 Å². The number of benzene rings is 2. The lowest BCUT2D eigenvalue weighted by molar-refractivity contribution is 0.123. The standard InChI is InChI=1S/C22H18Cl2N2O4S/c1-29-19-8-15(6-7-18(19)30-11-16(27)10-23)26-12-25-17-9-20(31-21(17)22(26)28)13-2-4-14(24)5-3-13/h2-9,12,16,27H,10-11H2,1H3. The molecule has 2 aromatic carbocycles. The molecular formula is C22H18Cl2N2O4S. The van der Waals surface area contributed by atoms with Crippen LogP contribution in [0.3, 0.4) is 0 Å². The highest BCUT2D eigenvalue weighted by Crippen LogP contribution is 2.33.